The van der Waals surface area contributed by atoms with Gasteiger partial charge in [0, 0.05) is 11.2 Å². The van der Waals surface area contributed by atoms with E-state index in [4.69, 9.17) is 23.2 Å². The minimum Gasteiger partial charge on any atom is -0.306 e. The van der Waals surface area contributed by atoms with Crippen molar-refractivity contribution in [2.75, 3.05) is 5.32 Å². The summed E-state index contributed by atoms with van der Waals surface area (Å²) >= 11 is 12.1. The molecule has 0 bridgehead atoms. The van der Waals surface area contributed by atoms with Crippen molar-refractivity contribution in [3.05, 3.63) is 70.3 Å². The molecule has 1 amide bonds. The summed E-state index contributed by atoms with van der Waals surface area (Å²) in [7, 11) is 0. The van der Waals surface area contributed by atoms with Crippen molar-refractivity contribution in [2.45, 2.75) is 13.1 Å². The maximum absolute atomic E-state index is 12.4. The molecule has 4 rings (SSSR count). The predicted octanol–water partition coefficient (Wildman–Crippen LogP) is 3.62. The van der Waals surface area contributed by atoms with E-state index in [2.05, 4.69) is 20.7 Å². The van der Waals surface area contributed by atoms with Gasteiger partial charge in [-0.3, -0.25) is 9.48 Å². The SMILES string of the molecule is O=C(Cn1nnc2ccccc21)Nc1nn(Cc2ccc(Cl)cc2)cc1Cl. The number of carbonyl (C=O) groups excluding carboxylic acids is 1. The first-order chi connectivity index (χ1) is 13.1. The number of anilines is 1. The molecule has 27 heavy (non-hydrogen) atoms. The molecule has 0 unspecified atom stereocenters. The second-order valence-electron chi connectivity index (χ2n) is 5.93. The molecule has 0 aliphatic carbocycles. The number of aromatic nitrogens is 5. The number of nitrogens with zero attached hydrogens (tertiary/aromatic N) is 5. The van der Waals surface area contributed by atoms with Gasteiger partial charge in [-0.15, -0.1) is 5.10 Å². The van der Waals surface area contributed by atoms with Crippen LogP contribution in [0.15, 0.2) is 54.7 Å². The smallest absolute Gasteiger partial charge is 0.247 e. The summed E-state index contributed by atoms with van der Waals surface area (Å²) in [5.74, 6) is 0.0179. The third-order valence-corrected chi connectivity index (χ3v) is 4.47. The first kappa shape index (κ1) is 17.5. The van der Waals surface area contributed by atoms with Gasteiger partial charge >= 0.3 is 0 Å². The number of hydrogen-bond donors (Lipinski definition) is 1. The molecule has 0 aliphatic heterocycles. The summed E-state index contributed by atoms with van der Waals surface area (Å²) in [5, 5.41) is 16.1. The highest BCUT2D eigenvalue weighted by Crippen LogP contribution is 2.20. The van der Waals surface area contributed by atoms with Crippen LogP contribution in [0.25, 0.3) is 11.0 Å². The molecule has 0 radical (unpaired) electrons. The lowest BCUT2D eigenvalue weighted by Gasteiger charge is -2.04. The number of amides is 1. The molecular weight excluding hydrogens is 387 g/mol. The van der Waals surface area contributed by atoms with Crippen LogP contribution >= 0.6 is 23.2 Å². The topological polar surface area (TPSA) is 77.6 Å². The lowest BCUT2D eigenvalue weighted by Crippen LogP contribution is -2.20. The zero-order valence-corrected chi connectivity index (χ0v) is 15.5. The van der Waals surface area contributed by atoms with Gasteiger partial charge in [-0.1, -0.05) is 52.7 Å². The van der Waals surface area contributed by atoms with Gasteiger partial charge in [-0.05, 0) is 29.8 Å². The van der Waals surface area contributed by atoms with E-state index in [0.717, 1.165) is 16.6 Å². The standard InChI is InChI=1S/C18H14Cl2N6O/c19-13-7-5-12(6-8-13)9-25-10-14(20)18(23-25)21-17(27)11-26-16-4-2-1-3-15(16)22-24-26/h1-8,10H,9,11H2,(H,21,23,27). The fourth-order valence-electron chi connectivity index (χ4n) is 2.68. The Bertz CT molecular complexity index is 1100. The lowest BCUT2D eigenvalue weighted by atomic mass is 10.2. The van der Waals surface area contributed by atoms with Crippen molar-refractivity contribution < 1.29 is 4.79 Å². The van der Waals surface area contributed by atoms with E-state index in [1.54, 1.807) is 10.9 Å². The van der Waals surface area contributed by atoms with E-state index < -0.39 is 0 Å². The van der Waals surface area contributed by atoms with E-state index in [9.17, 15) is 4.79 Å². The van der Waals surface area contributed by atoms with Gasteiger partial charge in [0.1, 0.15) is 17.1 Å². The third kappa shape index (κ3) is 3.94. The Morgan fingerprint density at radius 2 is 1.85 bits per heavy atom. The number of rotatable bonds is 5. The molecular formula is C18H14Cl2N6O. The van der Waals surface area contributed by atoms with Crippen molar-refractivity contribution in [3.8, 4) is 0 Å². The Labute approximate surface area is 164 Å². The predicted molar refractivity (Wildman–Crippen MR) is 104 cm³/mol. The van der Waals surface area contributed by atoms with E-state index in [1.165, 1.54) is 4.68 Å². The average molecular weight is 401 g/mol. The van der Waals surface area contributed by atoms with Crippen molar-refractivity contribution >= 4 is 46.0 Å². The number of benzene rings is 2. The van der Waals surface area contributed by atoms with Crippen LogP contribution in [0.4, 0.5) is 5.82 Å². The van der Waals surface area contributed by atoms with Crippen molar-refractivity contribution in [1.29, 1.82) is 0 Å². The molecule has 0 saturated heterocycles. The molecule has 9 heteroatoms. The second-order valence-corrected chi connectivity index (χ2v) is 6.78. The van der Waals surface area contributed by atoms with Gasteiger partial charge in [0.25, 0.3) is 0 Å². The summed E-state index contributed by atoms with van der Waals surface area (Å²) in [6.07, 6.45) is 1.66. The highest BCUT2D eigenvalue weighted by Gasteiger charge is 2.13. The number of carbonyl (C=O) groups is 1. The second kappa shape index (κ2) is 7.38. The van der Waals surface area contributed by atoms with Gasteiger partial charge in [0.05, 0.1) is 12.1 Å². The Morgan fingerprint density at radius 3 is 2.67 bits per heavy atom. The Hall–Kier alpha value is -2.90. The molecule has 2 aromatic carbocycles. The van der Waals surface area contributed by atoms with Gasteiger partial charge < -0.3 is 5.32 Å². The highest BCUT2D eigenvalue weighted by atomic mass is 35.5. The van der Waals surface area contributed by atoms with Gasteiger partial charge in [0.15, 0.2) is 5.82 Å². The minimum atomic E-state index is -0.288. The van der Waals surface area contributed by atoms with Crippen LogP contribution in [-0.2, 0) is 17.9 Å². The highest BCUT2D eigenvalue weighted by molar-refractivity contribution is 6.33. The van der Waals surface area contributed by atoms with E-state index >= 15 is 0 Å². The zero-order valence-electron chi connectivity index (χ0n) is 14.0. The first-order valence-corrected chi connectivity index (χ1v) is 8.89. The molecule has 7 nitrogen and oxygen atoms in total. The number of nitrogens with one attached hydrogen (secondary N) is 1. The molecule has 0 atom stereocenters. The quantitative estimate of drug-likeness (QED) is 0.554. The van der Waals surface area contributed by atoms with Crippen molar-refractivity contribution in [2.24, 2.45) is 0 Å². The van der Waals surface area contributed by atoms with Crippen LogP contribution in [0, 0.1) is 0 Å². The van der Waals surface area contributed by atoms with Crippen LogP contribution in [0.5, 0.6) is 0 Å². The molecule has 2 aromatic heterocycles. The van der Waals surface area contributed by atoms with Crippen molar-refractivity contribution in [1.82, 2.24) is 24.8 Å². The maximum Gasteiger partial charge on any atom is 0.247 e. The van der Waals surface area contributed by atoms with Crippen LogP contribution in [0.2, 0.25) is 10.0 Å². The Kier molecular flexibility index (Phi) is 4.79. The monoisotopic (exact) mass is 400 g/mol. The van der Waals surface area contributed by atoms with Gasteiger partial charge in [0.2, 0.25) is 5.91 Å². The Balaban J connectivity index is 1.45. The third-order valence-electron chi connectivity index (χ3n) is 3.95. The number of hydrogen-bond acceptors (Lipinski definition) is 4. The maximum atomic E-state index is 12.4. The minimum absolute atomic E-state index is 0.0148. The molecule has 0 spiro atoms. The molecule has 0 fully saturated rings. The molecule has 1 N–H and O–H groups in total. The number of para-hydroxylation sites is 1. The zero-order chi connectivity index (χ0) is 18.8. The largest absolute Gasteiger partial charge is 0.306 e. The average Bonchev–Trinajstić information content (AvgIpc) is 3.21. The van der Waals surface area contributed by atoms with Gasteiger partial charge in [-0.2, -0.15) is 5.10 Å². The normalized spacial score (nSPS) is 11.0. The molecule has 0 aliphatic rings. The summed E-state index contributed by atoms with van der Waals surface area (Å²) in [6, 6.07) is 14.9. The van der Waals surface area contributed by atoms with Crippen LogP contribution in [0.3, 0.4) is 0 Å². The van der Waals surface area contributed by atoms with Crippen molar-refractivity contribution in [3.63, 3.8) is 0 Å². The van der Waals surface area contributed by atoms with Crippen LogP contribution in [0.1, 0.15) is 5.56 Å². The summed E-state index contributed by atoms with van der Waals surface area (Å²) in [5.41, 5.74) is 2.54. The lowest BCUT2D eigenvalue weighted by molar-refractivity contribution is -0.116. The first-order valence-electron chi connectivity index (χ1n) is 8.14. The van der Waals surface area contributed by atoms with E-state index in [-0.39, 0.29) is 12.5 Å². The molecule has 2 heterocycles. The summed E-state index contributed by atoms with van der Waals surface area (Å²) in [4.78, 5) is 12.4. The Morgan fingerprint density at radius 1 is 1.07 bits per heavy atom. The fraction of sp³-hybridized carbons (Fsp3) is 0.111. The van der Waals surface area contributed by atoms with Crippen LogP contribution < -0.4 is 5.32 Å². The number of fused-ring (bicyclic) bond motifs is 1. The number of halogens is 2. The molecule has 136 valence electrons. The van der Waals surface area contributed by atoms with Gasteiger partial charge in [-0.25, -0.2) is 4.68 Å². The van der Waals surface area contributed by atoms with Crippen LogP contribution in [-0.4, -0.2) is 30.7 Å². The molecule has 0 saturated carbocycles. The van der Waals surface area contributed by atoms with E-state index in [1.807, 2.05) is 48.5 Å². The summed E-state index contributed by atoms with van der Waals surface area (Å²) < 4.78 is 3.19. The van der Waals surface area contributed by atoms with E-state index in [0.29, 0.717) is 22.4 Å². The molecule has 4 aromatic rings. The fourth-order valence-corrected chi connectivity index (χ4v) is 3.01. The summed E-state index contributed by atoms with van der Waals surface area (Å²) in [6.45, 7) is 0.529.